The van der Waals surface area contributed by atoms with Crippen molar-refractivity contribution in [2.45, 2.75) is 25.2 Å². The second kappa shape index (κ2) is 7.97. The van der Waals surface area contributed by atoms with E-state index in [0.717, 1.165) is 29.9 Å². The highest BCUT2D eigenvalue weighted by molar-refractivity contribution is 5.45. The molecule has 9 heteroatoms. The van der Waals surface area contributed by atoms with E-state index in [-0.39, 0.29) is 5.56 Å². The van der Waals surface area contributed by atoms with Gasteiger partial charge in [0.25, 0.3) is 5.56 Å². The van der Waals surface area contributed by atoms with Gasteiger partial charge in [-0.2, -0.15) is 10.2 Å². The summed E-state index contributed by atoms with van der Waals surface area (Å²) >= 11 is 0. The number of hydrogen-bond acceptors (Lipinski definition) is 6. The average Bonchev–Trinajstić information content (AvgIpc) is 3.18. The third kappa shape index (κ3) is 4.10. The molecule has 0 unspecified atom stereocenters. The minimum Gasteiger partial charge on any atom is -0.476 e. The predicted octanol–water partition coefficient (Wildman–Crippen LogP) is 1.28. The molecular weight excluding hydrogens is 382 g/mol. The summed E-state index contributed by atoms with van der Waals surface area (Å²) in [5, 5.41) is 13.1. The molecule has 2 atom stereocenters. The lowest BCUT2D eigenvalue weighted by Gasteiger charge is -2.15. The van der Waals surface area contributed by atoms with Crippen molar-refractivity contribution < 1.29 is 4.74 Å². The van der Waals surface area contributed by atoms with Crippen molar-refractivity contribution in [3.05, 3.63) is 51.7 Å². The highest BCUT2D eigenvalue weighted by Gasteiger charge is 2.40. The summed E-state index contributed by atoms with van der Waals surface area (Å²) in [6.07, 6.45) is 6.24. The quantitative estimate of drug-likeness (QED) is 0.555. The number of aryl methyl sites for hydroxylation is 5. The molecule has 0 aliphatic heterocycles. The molecule has 0 aromatic carbocycles. The predicted molar refractivity (Wildman–Crippen MR) is 114 cm³/mol. The smallest absolute Gasteiger partial charge is 0.269 e. The molecule has 0 radical (unpaired) electrons. The van der Waals surface area contributed by atoms with Crippen molar-refractivity contribution in [3.63, 3.8) is 0 Å². The van der Waals surface area contributed by atoms with Crippen molar-refractivity contribution in [2.75, 3.05) is 25.6 Å². The average molecular weight is 412 g/mol. The summed E-state index contributed by atoms with van der Waals surface area (Å²) in [5.41, 5.74) is 2.84. The van der Waals surface area contributed by atoms with Gasteiger partial charge in [0, 0.05) is 70.5 Å². The Morgan fingerprint density at radius 3 is 2.60 bits per heavy atom. The van der Waals surface area contributed by atoms with Gasteiger partial charge >= 0.3 is 0 Å². The van der Waals surface area contributed by atoms with Crippen LogP contribution in [0.5, 0.6) is 5.88 Å². The molecule has 0 N–H and O–H groups in total. The Kier molecular flexibility index (Phi) is 5.36. The van der Waals surface area contributed by atoms with Gasteiger partial charge in [0.1, 0.15) is 5.82 Å². The molecule has 1 fully saturated rings. The van der Waals surface area contributed by atoms with Gasteiger partial charge < -0.3 is 9.64 Å². The molecule has 30 heavy (non-hydrogen) atoms. The molecule has 4 rings (SSSR count). The lowest BCUT2D eigenvalue weighted by atomic mass is 10.1. The second-order valence-corrected chi connectivity index (χ2v) is 8.28. The zero-order valence-corrected chi connectivity index (χ0v) is 18.2. The summed E-state index contributed by atoms with van der Waals surface area (Å²) in [6.45, 7) is 0.583. The Morgan fingerprint density at radius 2 is 1.90 bits per heavy atom. The van der Waals surface area contributed by atoms with Crippen LogP contribution in [0, 0.1) is 5.92 Å². The maximum absolute atomic E-state index is 12.6. The number of hydrogen-bond donors (Lipinski definition) is 0. The number of nitrogens with zero attached hydrogens (tertiary/aromatic N) is 7. The van der Waals surface area contributed by atoms with E-state index in [1.54, 1.807) is 13.1 Å². The first-order valence-electron chi connectivity index (χ1n) is 10.2. The first-order chi connectivity index (χ1) is 14.3. The van der Waals surface area contributed by atoms with Crippen LogP contribution in [0.3, 0.4) is 0 Å². The largest absolute Gasteiger partial charge is 0.476 e. The maximum Gasteiger partial charge on any atom is 0.269 e. The fourth-order valence-electron chi connectivity index (χ4n) is 4.01. The standard InChI is InChI=1S/C21H29N7O2/c1-25(2)20-15(12-22-27(20)4)7-6-14-11-19(24-28(5)21(14)29)30-13-16-10-17(16)18-8-9-26(3)23-18/h8-9,11-12,16-17H,6-7,10,13H2,1-5H3/t16-,17+/m1/s1. The molecule has 0 spiro atoms. The van der Waals surface area contributed by atoms with Crippen LogP contribution in [0.15, 0.2) is 29.3 Å². The van der Waals surface area contributed by atoms with E-state index in [1.807, 2.05) is 54.8 Å². The highest BCUT2D eigenvalue weighted by atomic mass is 16.5. The number of ether oxygens (including phenoxy) is 1. The molecule has 1 aliphatic rings. The molecule has 9 nitrogen and oxygen atoms in total. The Bertz CT molecular complexity index is 1100. The van der Waals surface area contributed by atoms with E-state index in [0.29, 0.717) is 36.3 Å². The third-order valence-corrected chi connectivity index (χ3v) is 5.66. The summed E-state index contributed by atoms with van der Waals surface area (Å²) in [7, 11) is 9.51. The first-order valence-corrected chi connectivity index (χ1v) is 10.2. The number of anilines is 1. The van der Waals surface area contributed by atoms with E-state index in [2.05, 4.69) is 21.4 Å². The van der Waals surface area contributed by atoms with E-state index < -0.39 is 0 Å². The Labute approximate surface area is 175 Å². The van der Waals surface area contributed by atoms with Gasteiger partial charge in [-0.05, 0) is 25.3 Å². The van der Waals surface area contributed by atoms with Crippen LogP contribution < -0.4 is 15.2 Å². The fourth-order valence-corrected chi connectivity index (χ4v) is 4.01. The summed E-state index contributed by atoms with van der Waals surface area (Å²) in [4.78, 5) is 14.6. The molecular formula is C21H29N7O2. The molecule has 0 saturated heterocycles. The van der Waals surface area contributed by atoms with Gasteiger partial charge in [-0.25, -0.2) is 4.68 Å². The van der Waals surface area contributed by atoms with Crippen LogP contribution >= 0.6 is 0 Å². The van der Waals surface area contributed by atoms with E-state index in [4.69, 9.17) is 4.74 Å². The Hall–Kier alpha value is -3.10. The molecule has 3 aromatic heterocycles. The minimum atomic E-state index is -0.0876. The van der Waals surface area contributed by atoms with E-state index in [1.165, 1.54) is 4.68 Å². The van der Waals surface area contributed by atoms with Crippen molar-refractivity contribution in [3.8, 4) is 5.88 Å². The summed E-state index contributed by atoms with van der Waals surface area (Å²) in [6, 6.07) is 3.85. The Balaban J connectivity index is 1.41. The number of rotatable bonds is 8. The van der Waals surface area contributed by atoms with Crippen LogP contribution in [0.1, 0.15) is 29.2 Å². The highest BCUT2D eigenvalue weighted by Crippen LogP contribution is 2.46. The Morgan fingerprint density at radius 1 is 1.13 bits per heavy atom. The van der Waals surface area contributed by atoms with E-state index >= 15 is 0 Å². The van der Waals surface area contributed by atoms with Crippen molar-refractivity contribution in [2.24, 2.45) is 27.1 Å². The van der Waals surface area contributed by atoms with Gasteiger partial charge in [0.05, 0.1) is 18.5 Å². The number of aromatic nitrogens is 6. The van der Waals surface area contributed by atoms with Gasteiger partial charge in [-0.15, -0.1) is 5.10 Å². The van der Waals surface area contributed by atoms with Crippen LogP contribution in [0.2, 0.25) is 0 Å². The molecule has 1 saturated carbocycles. The lowest BCUT2D eigenvalue weighted by molar-refractivity contribution is 0.277. The lowest BCUT2D eigenvalue weighted by Crippen LogP contribution is -2.24. The molecule has 1 aliphatic carbocycles. The fraction of sp³-hybridized carbons (Fsp3) is 0.524. The third-order valence-electron chi connectivity index (χ3n) is 5.66. The van der Waals surface area contributed by atoms with Gasteiger partial charge in [0.2, 0.25) is 5.88 Å². The monoisotopic (exact) mass is 411 g/mol. The zero-order valence-electron chi connectivity index (χ0n) is 18.2. The van der Waals surface area contributed by atoms with Crippen molar-refractivity contribution in [1.82, 2.24) is 29.3 Å². The second-order valence-electron chi connectivity index (χ2n) is 8.28. The van der Waals surface area contributed by atoms with Crippen LogP contribution in [0.25, 0.3) is 0 Å². The summed E-state index contributed by atoms with van der Waals surface area (Å²) in [5.74, 6) is 2.44. The molecule has 0 bridgehead atoms. The van der Waals surface area contributed by atoms with Gasteiger partial charge in [-0.3, -0.25) is 14.2 Å². The zero-order chi connectivity index (χ0) is 21.4. The first kappa shape index (κ1) is 20.2. The van der Waals surface area contributed by atoms with Crippen LogP contribution in [-0.4, -0.2) is 50.0 Å². The normalized spacial score (nSPS) is 17.9. The molecule has 3 aromatic rings. The molecule has 0 amide bonds. The van der Waals surface area contributed by atoms with Crippen LogP contribution in [-0.2, 0) is 34.0 Å². The van der Waals surface area contributed by atoms with Crippen molar-refractivity contribution >= 4 is 5.82 Å². The van der Waals surface area contributed by atoms with Crippen LogP contribution in [0.4, 0.5) is 5.82 Å². The SMILES string of the molecule is CN(C)c1c(CCc2cc(OC[C@H]3C[C@@H]3c3ccn(C)n3)nn(C)c2=O)cnn1C. The van der Waals surface area contributed by atoms with E-state index in [9.17, 15) is 4.79 Å². The molecule has 160 valence electrons. The maximum atomic E-state index is 12.6. The summed E-state index contributed by atoms with van der Waals surface area (Å²) < 4.78 is 11.0. The minimum absolute atomic E-state index is 0.0876. The van der Waals surface area contributed by atoms with Gasteiger partial charge in [0.15, 0.2) is 0 Å². The molecule has 3 heterocycles. The van der Waals surface area contributed by atoms with Gasteiger partial charge in [-0.1, -0.05) is 0 Å². The van der Waals surface area contributed by atoms with Crippen molar-refractivity contribution in [1.29, 1.82) is 0 Å². The topological polar surface area (TPSA) is 83.0 Å².